The van der Waals surface area contributed by atoms with Gasteiger partial charge in [0, 0.05) is 17.2 Å². The average Bonchev–Trinajstić information content (AvgIpc) is 2.37. The zero-order chi connectivity index (χ0) is 13.0. The van der Waals surface area contributed by atoms with Crippen LogP contribution < -0.4 is 5.32 Å². The van der Waals surface area contributed by atoms with Gasteiger partial charge in [-0.3, -0.25) is 0 Å². The van der Waals surface area contributed by atoms with Gasteiger partial charge in [-0.25, -0.2) is 15.0 Å². The van der Waals surface area contributed by atoms with Crippen LogP contribution in [0.4, 0.5) is 5.82 Å². The number of aromatic nitrogens is 3. The van der Waals surface area contributed by atoms with Crippen LogP contribution in [0, 0.1) is 0 Å². The zero-order valence-corrected chi connectivity index (χ0v) is 13.5. The Morgan fingerprint density at radius 1 is 1.22 bits per heavy atom. The predicted octanol–water partition coefficient (Wildman–Crippen LogP) is 3.98. The molecule has 0 aliphatic heterocycles. The van der Waals surface area contributed by atoms with Gasteiger partial charge in [-0.15, -0.1) is 0 Å². The van der Waals surface area contributed by atoms with Crippen molar-refractivity contribution >= 4 is 49.4 Å². The molecule has 1 N–H and O–H groups in total. The number of rotatable bonds is 4. The molecule has 4 nitrogen and oxygen atoms in total. The highest BCUT2D eigenvalue weighted by molar-refractivity contribution is 9.10. The Morgan fingerprint density at radius 3 is 2.72 bits per heavy atom. The number of hydrogen-bond donors (Lipinski definition) is 1. The summed E-state index contributed by atoms with van der Waals surface area (Å²) in [6.07, 6.45) is 3.31. The molecule has 0 atom stereocenters. The van der Waals surface area contributed by atoms with E-state index in [1.807, 2.05) is 19.1 Å². The first kappa shape index (κ1) is 13.8. The summed E-state index contributed by atoms with van der Waals surface area (Å²) in [6.45, 7) is 2.84. The molecule has 2 aromatic heterocycles. The summed E-state index contributed by atoms with van der Waals surface area (Å²) in [5.74, 6) is 0.798. The van der Waals surface area contributed by atoms with Gasteiger partial charge in [0.05, 0.1) is 4.47 Å². The van der Waals surface area contributed by atoms with E-state index >= 15 is 0 Å². The lowest BCUT2D eigenvalue weighted by molar-refractivity contribution is 1.00. The minimum Gasteiger partial charge on any atom is -0.369 e. The van der Waals surface area contributed by atoms with Gasteiger partial charge in [-0.2, -0.15) is 0 Å². The Labute approximate surface area is 126 Å². The van der Waals surface area contributed by atoms with Crippen LogP contribution in [0.25, 0.3) is 0 Å². The molecular formula is C11H10Br2N4S. The molecule has 0 bridgehead atoms. The molecule has 94 valence electrons. The quantitative estimate of drug-likeness (QED) is 0.801. The highest BCUT2D eigenvalue weighted by Crippen LogP contribution is 2.33. The van der Waals surface area contributed by atoms with E-state index in [-0.39, 0.29) is 0 Å². The molecule has 0 aromatic carbocycles. The van der Waals surface area contributed by atoms with E-state index in [1.54, 1.807) is 12.5 Å². The Kier molecular flexibility index (Phi) is 4.96. The number of nitrogens with one attached hydrogen (secondary N) is 1. The molecular weight excluding hydrogens is 380 g/mol. The van der Waals surface area contributed by atoms with Crippen molar-refractivity contribution in [1.82, 2.24) is 15.0 Å². The van der Waals surface area contributed by atoms with Gasteiger partial charge in [-0.05, 0) is 62.7 Å². The standard InChI is InChI=1S/C11H10Br2N4S/c1-2-14-10-9(13)11(17-6-16-10)18-8-4-3-7(12)5-15-8/h3-6H,2H2,1H3,(H,14,16,17). The molecule has 0 fully saturated rings. The van der Waals surface area contributed by atoms with Gasteiger partial charge in [0.2, 0.25) is 0 Å². The number of pyridine rings is 1. The Morgan fingerprint density at radius 2 is 2.06 bits per heavy atom. The highest BCUT2D eigenvalue weighted by atomic mass is 79.9. The third kappa shape index (κ3) is 3.43. The van der Waals surface area contributed by atoms with E-state index < -0.39 is 0 Å². The Balaban J connectivity index is 2.23. The van der Waals surface area contributed by atoms with E-state index in [0.717, 1.165) is 31.4 Å². The van der Waals surface area contributed by atoms with Crippen molar-refractivity contribution in [3.8, 4) is 0 Å². The topological polar surface area (TPSA) is 50.7 Å². The second kappa shape index (κ2) is 6.49. The van der Waals surface area contributed by atoms with Gasteiger partial charge in [0.25, 0.3) is 0 Å². The maximum atomic E-state index is 4.30. The number of nitrogens with zero attached hydrogens (tertiary/aromatic N) is 3. The molecule has 2 rings (SSSR count). The number of anilines is 1. The van der Waals surface area contributed by atoms with E-state index in [4.69, 9.17) is 0 Å². The fourth-order valence-electron chi connectivity index (χ4n) is 1.24. The van der Waals surface area contributed by atoms with Crippen molar-refractivity contribution in [3.05, 3.63) is 33.6 Å². The molecule has 0 spiro atoms. The lowest BCUT2D eigenvalue weighted by Crippen LogP contribution is -2.01. The third-order valence-electron chi connectivity index (χ3n) is 2.00. The average molecular weight is 390 g/mol. The van der Waals surface area contributed by atoms with Crippen LogP contribution in [0.1, 0.15) is 6.92 Å². The summed E-state index contributed by atoms with van der Waals surface area (Å²) in [6, 6.07) is 3.89. The fourth-order valence-corrected chi connectivity index (χ4v) is 2.79. The molecule has 0 saturated heterocycles. The molecule has 0 aliphatic rings. The summed E-state index contributed by atoms with van der Waals surface area (Å²) in [7, 11) is 0. The number of hydrogen-bond acceptors (Lipinski definition) is 5. The van der Waals surface area contributed by atoms with Crippen molar-refractivity contribution in [3.63, 3.8) is 0 Å². The molecule has 0 saturated carbocycles. The summed E-state index contributed by atoms with van der Waals surface area (Å²) < 4.78 is 1.82. The van der Waals surface area contributed by atoms with Crippen LogP contribution in [0.3, 0.4) is 0 Å². The third-order valence-corrected chi connectivity index (χ3v) is 4.44. The van der Waals surface area contributed by atoms with Crippen molar-refractivity contribution in [1.29, 1.82) is 0 Å². The van der Waals surface area contributed by atoms with Gasteiger partial charge < -0.3 is 5.32 Å². The maximum Gasteiger partial charge on any atom is 0.144 e. The summed E-state index contributed by atoms with van der Waals surface area (Å²) >= 11 is 8.36. The van der Waals surface area contributed by atoms with Gasteiger partial charge in [0.1, 0.15) is 22.2 Å². The van der Waals surface area contributed by atoms with Gasteiger partial charge in [0.15, 0.2) is 0 Å². The smallest absolute Gasteiger partial charge is 0.144 e. The lowest BCUT2D eigenvalue weighted by atomic mass is 10.5. The normalized spacial score (nSPS) is 10.4. The Hall–Kier alpha value is -0.660. The molecule has 7 heteroatoms. The lowest BCUT2D eigenvalue weighted by Gasteiger charge is -2.07. The van der Waals surface area contributed by atoms with Crippen molar-refractivity contribution < 1.29 is 0 Å². The van der Waals surface area contributed by atoms with Crippen LogP contribution in [0.15, 0.2) is 43.7 Å². The largest absolute Gasteiger partial charge is 0.369 e. The molecule has 0 amide bonds. The molecule has 0 radical (unpaired) electrons. The molecule has 18 heavy (non-hydrogen) atoms. The monoisotopic (exact) mass is 388 g/mol. The van der Waals surface area contributed by atoms with E-state index in [1.165, 1.54) is 11.8 Å². The molecule has 2 aromatic rings. The van der Waals surface area contributed by atoms with E-state index in [0.29, 0.717) is 0 Å². The summed E-state index contributed by atoms with van der Waals surface area (Å²) in [5, 5.41) is 4.90. The first-order chi connectivity index (χ1) is 8.70. The summed E-state index contributed by atoms with van der Waals surface area (Å²) in [4.78, 5) is 12.7. The minimum atomic E-state index is 0.798. The van der Waals surface area contributed by atoms with Crippen LogP contribution in [0.5, 0.6) is 0 Å². The van der Waals surface area contributed by atoms with Crippen LogP contribution in [0.2, 0.25) is 0 Å². The van der Waals surface area contributed by atoms with E-state index in [2.05, 4.69) is 52.1 Å². The SMILES string of the molecule is CCNc1ncnc(Sc2ccc(Br)cn2)c1Br. The van der Waals surface area contributed by atoms with Crippen molar-refractivity contribution in [2.75, 3.05) is 11.9 Å². The van der Waals surface area contributed by atoms with Crippen LogP contribution in [-0.2, 0) is 0 Å². The van der Waals surface area contributed by atoms with Crippen molar-refractivity contribution in [2.24, 2.45) is 0 Å². The predicted molar refractivity (Wildman–Crippen MR) is 80.0 cm³/mol. The first-order valence-corrected chi connectivity index (χ1v) is 7.64. The highest BCUT2D eigenvalue weighted by Gasteiger charge is 2.10. The van der Waals surface area contributed by atoms with Gasteiger partial charge >= 0.3 is 0 Å². The molecule has 0 aliphatic carbocycles. The second-order valence-electron chi connectivity index (χ2n) is 3.29. The second-order valence-corrected chi connectivity index (χ2v) is 6.01. The maximum absolute atomic E-state index is 4.30. The molecule has 0 unspecified atom stereocenters. The Bertz CT molecular complexity index is 533. The first-order valence-electron chi connectivity index (χ1n) is 5.24. The van der Waals surface area contributed by atoms with Crippen LogP contribution >= 0.6 is 43.6 Å². The van der Waals surface area contributed by atoms with Crippen LogP contribution in [-0.4, -0.2) is 21.5 Å². The molecule has 2 heterocycles. The van der Waals surface area contributed by atoms with Crippen molar-refractivity contribution in [2.45, 2.75) is 17.0 Å². The minimum absolute atomic E-state index is 0.798. The fraction of sp³-hybridized carbons (Fsp3) is 0.182. The zero-order valence-electron chi connectivity index (χ0n) is 9.52. The van der Waals surface area contributed by atoms with Gasteiger partial charge in [-0.1, -0.05) is 0 Å². The number of halogens is 2. The summed E-state index contributed by atoms with van der Waals surface area (Å²) in [5.41, 5.74) is 0. The van der Waals surface area contributed by atoms with E-state index in [9.17, 15) is 0 Å².